The summed E-state index contributed by atoms with van der Waals surface area (Å²) in [7, 11) is 0. The van der Waals surface area contributed by atoms with E-state index in [1.54, 1.807) is 11.8 Å². The van der Waals surface area contributed by atoms with E-state index < -0.39 is 0 Å². The van der Waals surface area contributed by atoms with Crippen molar-refractivity contribution in [3.63, 3.8) is 0 Å². The van der Waals surface area contributed by atoms with E-state index in [-0.39, 0.29) is 5.37 Å². The minimum atomic E-state index is 0.0636. The van der Waals surface area contributed by atoms with Crippen molar-refractivity contribution in [2.45, 2.75) is 17.0 Å². The highest BCUT2D eigenvalue weighted by molar-refractivity contribution is 7.99. The fraction of sp³-hybridized carbons (Fsp3) is 0.125. The summed E-state index contributed by atoms with van der Waals surface area (Å²) in [4.78, 5) is 0. The Morgan fingerprint density at radius 3 is 2.64 bits per heavy atom. The summed E-state index contributed by atoms with van der Waals surface area (Å²) in [6.07, 6.45) is 0.747. The molecule has 4 nitrogen and oxygen atoms in total. The Kier molecular flexibility index (Phi) is 3.52. The van der Waals surface area contributed by atoms with Gasteiger partial charge >= 0.3 is 0 Å². The highest BCUT2D eigenvalue weighted by Crippen LogP contribution is 2.41. The molecule has 4 rings (SSSR count). The molecule has 1 N–H and O–H groups in total. The lowest BCUT2D eigenvalue weighted by molar-refractivity contribution is 0.747. The molecule has 2 heterocycles. The summed E-state index contributed by atoms with van der Waals surface area (Å²) in [5.41, 5.74) is 5.70. The summed E-state index contributed by atoms with van der Waals surface area (Å²) in [5, 5.41) is 10.2. The Hall–Kier alpha value is -1.98. The van der Waals surface area contributed by atoms with E-state index in [9.17, 15) is 0 Å². The topological polar surface area (TPSA) is 42.7 Å². The van der Waals surface area contributed by atoms with Crippen LogP contribution in [0.3, 0.4) is 0 Å². The number of fused-ring (bicyclic) bond motifs is 1. The zero-order chi connectivity index (χ0) is 14.9. The average Bonchev–Trinajstić information content (AvgIpc) is 3.11. The minimum absolute atomic E-state index is 0.0636. The maximum absolute atomic E-state index is 6.29. The molecule has 0 amide bonds. The molecule has 2 aromatic carbocycles. The van der Waals surface area contributed by atoms with Crippen LogP contribution < -0.4 is 5.43 Å². The maximum atomic E-state index is 6.29. The fourth-order valence-electron chi connectivity index (χ4n) is 2.47. The molecular formula is C16H13ClN4S. The molecule has 1 aliphatic rings. The monoisotopic (exact) mass is 328 g/mol. The molecule has 0 fully saturated rings. The maximum Gasteiger partial charge on any atom is 0.212 e. The van der Waals surface area contributed by atoms with Crippen molar-refractivity contribution in [2.75, 3.05) is 5.43 Å². The van der Waals surface area contributed by atoms with E-state index in [1.165, 1.54) is 5.56 Å². The first kappa shape index (κ1) is 13.7. The zero-order valence-electron chi connectivity index (χ0n) is 11.6. The molecule has 1 atom stereocenters. The summed E-state index contributed by atoms with van der Waals surface area (Å²) < 4.78 is 1.96. The van der Waals surface area contributed by atoms with Crippen LogP contribution in [0.1, 0.15) is 22.3 Å². The number of nitrogens with one attached hydrogen (secondary N) is 1. The van der Waals surface area contributed by atoms with Gasteiger partial charge in [-0.05, 0) is 11.6 Å². The van der Waals surface area contributed by atoms with E-state index in [4.69, 9.17) is 11.6 Å². The van der Waals surface area contributed by atoms with E-state index in [1.807, 2.05) is 47.1 Å². The number of halogens is 1. The van der Waals surface area contributed by atoms with E-state index in [2.05, 4.69) is 27.8 Å². The molecule has 0 spiro atoms. The lowest BCUT2D eigenvalue weighted by Crippen LogP contribution is -2.16. The summed E-state index contributed by atoms with van der Waals surface area (Å²) >= 11 is 7.91. The third-order valence-electron chi connectivity index (χ3n) is 3.56. The predicted molar refractivity (Wildman–Crippen MR) is 88.7 cm³/mol. The number of nitrogens with zero attached hydrogens (tertiary/aromatic N) is 3. The number of hydrogen-bond donors (Lipinski definition) is 1. The van der Waals surface area contributed by atoms with Crippen molar-refractivity contribution in [2.24, 2.45) is 0 Å². The fourth-order valence-corrected chi connectivity index (χ4v) is 3.83. The quantitative estimate of drug-likeness (QED) is 0.792. The third-order valence-corrected chi connectivity index (χ3v) is 4.98. The summed E-state index contributed by atoms with van der Waals surface area (Å²) in [5.74, 6) is 0.906. The van der Waals surface area contributed by atoms with Crippen LogP contribution in [0.25, 0.3) is 0 Å². The van der Waals surface area contributed by atoms with E-state index >= 15 is 0 Å². The number of rotatable bonds is 3. The number of thioether (sulfide) groups is 1. The van der Waals surface area contributed by atoms with Crippen molar-refractivity contribution in [3.05, 3.63) is 76.6 Å². The second-order valence-corrected chi connectivity index (χ2v) is 6.52. The van der Waals surface area contributed by atoms with Crippen LogP contribution in [0.5, 0.6) is 0 Å². The first-order chi connectivity index (χ1) is 10.8. The Labute approximate surface area is 137 Å². The van der Waals surface area contributed by atoms with Crippen LogP contribution in [-0.4, -0.2) is 14.9 Å². The molecular weight excluding hydrogens is 316 g/mol. The molecule has 0 bridgehead atoms. The van der Waals surface area contributed by atoms with Crippen molar-refractivity contribution in [3.8, 4) is 0 Å². The molecule has 3 aromatic rings. The van der Waals surface area contributed by atoms with Crippen LogP contribution in [0, 0.1) is 0 Å². The van der Waals surface area contributed by atoms with Gasteiger partial charge < -0.3 is 5.43 Å². The molecule has 22 heavy (non-hydrogen) atoms. The van der Waals surface area contributed by atoms with Gasteiger partial charge in [0, 0.05) is 17.0 Å². The van der Waals surface area contributed by atoms with Gasteiger partial charge in [-0.1, -0.05) is 71.9 Å². The Morgan fingerprint density at radius 1 is 1.05 bits per heavy atom. The van der Waals surface area contributed by atoms with Crippen molar-refractivity contribution < 1.29 is 0 Å². The lowest BCUT2D eigenvalue weighted by Gasteiger charge is -2.13. The largest absolute Gasteiger partial charge is 0.304 e. The first-order valence-corrected chi connectivity index (χ1v) is 8.23. The van der Waals surface area contributed by atoms with Crippen LogP contribution in [0.4, 0.5) is 0 Å². The standard InChI is InChI=1S/C16H13ClN4S/c17-13-9-5-4-8-12(13)15-20-21-14(18-19-16(21)22-15)10-11-6-2-1-3-7-11/h1-9,15,20H,10H2. The third kappa shape index (κ3) is 2.46. The zero-order valence-corrected chi connectivity index (χ0v) is 13.2. The van der Waals surface area contributed by atoms with E-state index in [0.29, 0.717) is 0 Å². The Morgan fingerprint density at radius 2 is 1.82 bits per heavy atom. The van der Waals surface area contributed by atoms with Gasteiger partial charge in [-0.15, -0.1) is 10.2 Å². The summed E-state index contributed by atoms with van der Waals surface area (Å²) in [6, 6.07) is 18.1. The highest BCUT2D eigenvalue weighted by Gasteiger charge is 2.28. The first-order valence-electron chi connectivity index (χ1n) is 6.97. The average molecular weight is 329 g/mol. The van der Waals surface area contributed by atoms with E-state index in [0.717, 1.165) is 28.0 Å². The molecule has 1 aromatic heterocycles. The van der Waals surface area contributed by atoms with Gasteiger partial charge in [0.25, 0.3) is 0 Å². The van der Waals surface area contributed by atoms with Crippen molar-refractivity contribution in [1.29, 1.82) is 0 Å². The van der Waals surface area contributed by atoms with Crippen molar-refractivity contribution in [1.82, 2.24) is 14.9 Å². The van der Waals surface area contributed by atoms with Gasteiger partial charge in [0.1, 0.15) is 5.37 Å². The molecule has 0 radical (unpaired) electrons. The Bertz CT molecular complexity index is 803. The molecule has 0 saturated heterocycles. The van der Waals surface area contributed by atoms with Gasteiger partial charge in [0.05, 0.1) is 0 Å². The number of aromatic nitrogens is 3. The number of hydrogen-bond acceptors (Lipinski definition) is 4. The minimum Gasteiger partial charge on any atom is -0.304 e. The SMILES string of the molecule is Clc1ccccc1C1Nn2c(Cc3ccccc3)nnc2S1. The lowest BCUT2D eigenvalue weighted by atomic mass is 10.1. The molecule has 110 valence electrons. The van der Waals surface area contributed by atoms with Gasteiger partial charge in [-0.3, -0.25) is 0 Å². The van der Waals surface area contributed by atoms with Gasteiger partial charge in [0.15, 0.2) is 5.82 Å². The predicted octanol–water partition coefficient (Wildman–Crippen LogP) is 3.87. The molecule has 0 saturated carbocycles. The second-order valence-electron chi connectivity index (χ2n) is 5.05. The normalized spacial score (nSPS) is 16.3. The number of benzene rings is 2. The van der Waals surface area contributed by atoms with Crippen LogP contribution in [0.15, 0.2) is 59.8 Å². The van der Waals surface area contributed by atoms with Crippen LogP contribution in [-0.2, 0) is 6.42 Å². The van der Waals surface area contributed by atoms with Gasteiger partial charge in [-0.25, -0.2) is 4.68 Å². The van der Waals surface area contributed by atoms with Crippen molar-refractivity contribution >= 4 is 23.4 Å². The second kappa shape index (κ2) is 5.66. The Balaban J connectivity index is 1.59. The van der Waals surface area contributed by atoms with Gasteiger partial charge in [-0.2, -0.15) is 0 Å². The molecule has 1 aliphatic heterocycles. The van der Waals surface area contributed by atoms with Crippen LogP contribution in [0.2, 0.25) is 5.02 Å². The smallest absolute Gasteiger partial charge is 0.212 e. The highest BCUT2D eigenvalue weighted by atomic mass is 35.5. The molecule has 6 heteroatoms. The van der Waals surface area contributed by atoms with Gasteiger partial charge in [0.2, 0.25) is 5.16 Å². The van der Waals surface area contributed by atoms with Crippen LogP contribution >= 0.6 is 23.4 Å². The molecule has 0 aliphatic carbocycles. The molecule has 1 unspecified atom stereocenters. The summed E-state index contributed by atoms with van der Waals surface area (Å²) in [6.45, 7) is 0.